The van der Waals surface area contributed by atoms with Crippen LogP contribution in [0.4, 0.5) is 0 Å². The number of hydrogen-bond donors (Lipinski definition) is 1. The van der Waals surface area contributed by atoms with E-state index in [2.05, 4.69) is 46.9 Å². The van der Waals surface area contributed by atoms with Crippen LogP contribution in [0.5, 0.6) is 5.75 Å². The van der Waals surface area contributed by atoms with Crippen LogP contribution in [-0.2, 0) is 4.79 Å². The van der Waals surface area contributed by atoms with Crippen molar-refractivity contribution in [1.82, 2.24) is 5.32 Å². The molecule has 0 unspecified atom stereocenters. The second-order valence-corrected chi connectivity index (χ2v) is 5.63. The molecule has 0 saturated carbocycles. The third-order valence-electron chi connectivity index (χ3n) is 3.07. The topological polar surface area (TPSA) is 38.3 Å². The number of hydrogen-bond acceptors (Lipinski definition) is 3. The van der Waals surface area contributed by atoms with Crippen molar-refractivity contribution < 1.29 is 9.53 Å². The van der Waals surface area contributed by atoms with E-state index in [4.69, 9.17) is 4.74 Å². The summed E-state index contributed by atoms with van der Waals surface area (Å²) < 4.78 is 5.36. The van der Waals surface area contributed by atoms with Gasteiger partial charge in [0.15, 0.2) is 0 Å². The van der Waals surface area contributed by atoms with Crippen LogP contribution in [0.1, 0.15) is 71.4 Å². The average Bonchev–Trinajstić information content (AvgIpc) is 2.39. The number of para-hydroxylation sites is 1. The minimum Gasteiger partial charge on any atom is -0.426 e. The molecule has 0 saturated heterocycles. The summed E-state index contributed by atoms with van der Waals surface area (Å²) in [6.45, 7) is 16.2. The van der Waals surface area contributed by atoms with Crippen LogP contribution >= 0.6 is 0 Å². The minimum absolute atomic E-state index is 0.255. The number of esters is 1. The second-order valence-electron chi connectivity index (χ2n) is 5.63. The van der Waals surface area contributed by atoms with E-state index in [0.717, 1.165) is 30.0 Å². The van der Waals surface area contributed by atoms with E-state index in [1.165, 1.54) is 6.92 Å². The monoisotopic (exact) mass is 293 g/mol. The lowest BCUT2D eigenvalue weighted by Gasteiger charge is -2.18. The molecule has 0 aliphatic heterocycles. The highest BCUT2D eigenvalue weighted by atomic mass is 16.5. The maximum absolute atomic E-state index is 11.1. The van der Waals surface area contributed by atoms with Gasteiger partial charge in [0.05, 0.1) is 0 Å². The van der Waals surface area contributed by atoms with Crippen molar-refractivity contribution >= 4 is 5.97 Å². The molecular formula is C18H31NO2. The van der Waals surface area contributed by atoms with Gasteiger partial charge in [0, 0.05) is 6.92 Å². The van der Waals surface area contributed by atoms with E-state index in [9.17, 15) is 4.79 Å². The van der Waals surface area contributed by atoms with Gasteiger partial charge in [-0.1, -0.05) is 59.7 Å². The normalized spacial score (nSPS) is 10.3. The Kier molecular flexibility index (Phi) is 9.72. The molecule has 3 heteroatoms. The lowest BCUT2D eigenvalue weighted by molar-refractivity contribution is -0.132. The predicted octanol–water partition coefficient (Wildman–Crippen LogP) is 4.47. The summed E-state index contributed by atoms with van der Waals surface area (Å²) in [5.74, 6) is 1.20. The quantitative estimate of drug-likeness (QED) is 0.643. The molecule has 120 valence electrons. The zero-order chi connectivity index (χ0) is 16.4. The van der Waals surface area contributed by atoms with Gasteiger partial charge >= 0.3 is 5.97 Å². The van der Waals surface area contributed by atoms with Gasteiger partial charge in [0.1, 0.15) is 5.75 Å². The molecule has 0 aromatic heterocycles. The van der Waals surface area contributed by atoms with E-state index in [1.807, 2.05) is 18.2 Å². The lowest BCUT2D eigenvalue weighted by atomic mass is 9.94. The van der Waals surface area contributed by atoms with Crippen LogP contribution in [-0.4, -0.2) is 19.1 Å². The largest absolute Gasteiger partial charge is 0.426 e. The molecular weight excluding hydrogens is 262 g/mol. The highest BCUT2D eigenvalue weighted by Crippen LogP contribution is 2.34. The number of carbonyl (C=O) groups excluding carboxylic acids is 1. The molecule has 0 radical (unpaired) electrons. The Hall–Kier alpha value is -1.35. The maximum atomic E-state index is 11.1. The van der Waals surface area contributed by atoms with Gasteiger partial charge in [-0.25, -0.2) is 0 Å². The summed E-state index contributed by atoms with van der Waals surface area (Å²) in [7, 11) is 0. The van der Waals surface area contributed by atoms with Crippen LogP contribution in [0.25, 0.3) is 0 Å². The van der Waals surface area contributed by atoms with Crippen LogP contribution in [0.15, 0.2) is 18.2 Å². The van der Waals surface area contributed by atoms with Crippen molar-refractivity contribution in [3.05, 3.63) is 29.3 Å². The number of carbonyl (C=O) groups is 1. The minimum atomic E-state index is -0.255. The summed E-state index contributed by atoms with van der Waals surface area (Å²) in [4.78, 5) is 11.1. The summed E-state index contributed by atoms with van der Waals surface area (Å²) in [5, 5.41) is 3.11. The van der Waals surface area contributed by atoms with Crippen molar-refractivity contribution in [1.29, 1.82) is 0 Å². The highest BCUT2D eigenvalue weighted by molar-refractivity contribution is 5.70. The van der Waals surface area contributed by atoms with E-state index in [1.54, 1.807) is 0 Å². The number of benzene rings is 1. The van der Waals surface area contributed by atoms with Gasteiger partial charge in [-0.05, 0) is 36.1 Å². The molecule has 0 heterocycles. The Labute approximate surface area is 130 Å². The molecule has 0 atom stereocenters. The van der Waals surface area contributed by atoms with Gasteiger partial charge < -0.3 is 10.1 Å². The Morgan fingerprint density at radius 2 is 1.48 bits per heavy atom. The molecule has 1 N–H and O–H groups in total. The van der Waals surface area contributed by atoms with Crippen LogP contribution in [0.3, 0.4) is 0 Å². The first-order valence-electron chi connectivity index (χ1n) is 7.86. The fourth-order valence-corrected chi connectivity index (χ4v) is 1.99. The number of ether oxygens (including phenoxy) is 1. The molecule has 0 amide bonds. The summed E-state index contributed by atoms with van der Waals surface area (Å²) in [6, 6.07) is 6.07. The summed E-state index contributed by atoms with van der Waals surface area (Å²) in [5.41, 5.74) is 2.20. The first kappa shape index (κ1) is 19.7. The molecule has 1 aromatic rings. The molecule has 1 aromatic carbocycles. The predicted molar refractivity (Wildman–Crippen MR) is 90.1 cm³/mol. The Morgan fingerprint density at radius 3 is 1.71 bits per heavy atom. The van der Waals surface area contributed by atoms with Gasteiger partial charge in [-0.15, -0.1) is 0 Å². The number of nitrogens with one attached hydrogen (secondary N) is 1. The van der Waals surface area contributed by atoms with Crippen LogP contribution in [0, 0.1) is 0 Å². The van der Waals surface area contributed by atoms with Crippen molar-refractivity contribution in [3.8, 4) is 5.75 Å². The first-order chi connectivity index (χ1) is 9.84. The van der Waals surface area contributed by atoms with Gasteiger partial charge in [-0.3, -0.25) is 4.79 Å². The first-order valence-corrected chi connectivity index (χ1v) is 7.86. The van der Waals surface area contributed by atoms with E-state index in [-0.39, 0.29) is 5.97 Å². The molecule has 0 fully saturated rings. The smallest absolute Gasteiger partial charge is 0.308 e. The molecule has 21 heavy (non-hydrogen) atoms. The van der Waals surface area contributed by atoms with Crippen molar-refractivity contribution in [2.24, 2.45) is 0 Å². The SMILES string of the molecule is CC(=O)Oc1c(C(C)C)cccc1C(C)C.CCNCC. The van der Waals surface area contributed by atoms with Crippen LogP contribution < -0.4 is 10.1 Å². The third-order valence-corrected chi connectivity index (χ3v) is 3.07. The van der Waals surface area contributed by atoms with Gasteiger partial charge in [0.25, 0.3) is 0 Å². The van der Waals surface area contributed by atoms with E-state index in [0.29, 0.717) is 11.8 Å². The average molecular weight is 293 g/mol. The van der Waals surface area contributed by atoms with Crippen molar-refractivity contribution in [3.63, 3.8) is 0 Å². The van der Waals surface area contributed by atoms with Crippen molar-refractivity contribution in [2.45, 2.75) is 60.3 Å². The van der Waals surface area contributed by atoms with Crippen molar-refractivity contribution in [2.75, 3.05) is 13.1 Å². The maximum Gasteiger partial charge on any atom is 0.308 e. The third kappa shape index (κ3) is 7.28. The highest BCUT2D eigenvalue weighted by Gasteiger charge is 2.16. The Morgan fingerprint density at radius 1 is 1.05 bits per heavy atom. The molecule has 1 rings (SSSR count). The summed E-state index contributed by atoms with van der Waals surface area (Å²) in [6.07, 6.45) is 0. The Bertz CT molecular complexity index is 397. The molecule has 0 spiro atoms. The zero-order valence-corrected chi connectivity index (χ0v) is 14.6. The molecule has 0 bridgehead atoms. The fourth-order valence-electron chi connectivity index (χ4n) is 1.99. The van der Waals surface area contributed by atoms with Crippen LogP contribution in [0.2, 0.25) is 0 Å². The van der Waals surface area contributed by atoms with Gasteiger partial charge in [-0.2, -0.15) is 0 Å². The van der Waals surface area contributed by atoms with Gasteiger partial charge in [0.2, 0.25) is 0 Å². The fraction of sp³-hybridized carbons (Fsp3) is 0.611. The lowest BCUT2D eigenvalue weighted by Crippen LogP contribution is -2.09. The number of rotatable bonds is 5. The Balaban J connectivity index is 0.000000690. The standard InChI is InChI=1S/C14H20O2.C4H11N/c1-9(2)12-7-6-8-13(10(3)4)14(12)16-11(5)15;1-3-5-4-2/h6-10H,1-5H3;5H,3-4H2,1-2H3. The molecule has 3 nitrogen and oxygen atoms in total. The molecule has 0 aliphatic rings. The zero-order valence-electron chi connectivity index (χ0n) is 14.6. The molecule has 0 aliphatic carbocycles. The second kappa shape index (κ2) is 10.4. The van der Waals surface area contributed by atoms with E-state index >= 15 is 0 Å². The van der Waals surface area contributed by atoms with E-state index < -0.39 is 0 Å². The summed E-state index contributed by atoms with van der Waals surface area (Å²) >= 11 is 0.